The van der Waals surface area contributed by atoms with Gasteiger partial charge in [0.05, 0.1) is 5.41 Å². The number of likely N-dealkylation sites (tertiary alicyclic amines) is 3. The first-order valence-corrected chi connectivity index (χ1v) is 9.68. The maximum Gasteiger partial charge on any atom is 0.272 e. The molecule has 1 aromatic heterocycles. The summed E-state index contributed by atoms with van der Waals surface area (Å²) >= 11 is 0. The molecule has 144 valence electrons. The van der Waals surface area contributed by atoms with Crippen LogP contribution in [0.2, 0.25) is 0 Å². The average molecular weight is 370 g/mol. The van der Waals surface area contributed by atoms with Gasteiger partial charge in [-0.3, -0.25) is 14.4 Å². The van der Waals surface area contributed by atoms with Gasteiger partial charge in [-0.1, -0.05) is 6.07 Å². The first-order valence-electron chi connectivity index (χ1n) is 9.68. The molecular formula is C20H26N4O3. The van der Waals surface area contributed by atoms with Crippen LogP contribution in [0.1, 0.15) is 35.9 Å². The van der Waals surface area contributed by atoms with Crippen LogP contribution in [0.5, 0.6) is 0 Å². The monoisotopic (exact) mass is 370 g/mol. The fourth-order valence-corrected chi connectivity index (χ4v) is 4.82. The summed E-state index contributed by atoms with van der Waals surface area (Å²) in [6.45, 7) is 6.78. The standard InChI is InChI=1S/C20H26N4O3/c1-14-6-5-7-17(21-14)18(26)24-11-16-10-23(15(2)25)12-20(16,13-24)19(27)22-8-3-4-9-22/h5-7,16H,3-4,8-13H2,1-2H3/t16-,20-/m0/s1. The van der Waals surface area contributed by atoms with Gasteiger partial charge in [0.2, 0.25) is 11.8 Å². The Hall–Kier alpha value is -2.44. The Balaban J connectivity index is 1.61. The molecule has 0 N–H and O–H groups in total. The number of hydrogen-bond donors (Lipinski definition) is 0. The number of aromatic nitrogens is 1. The minimum absolute atomic E-state index is 0.00350. The van der Waals surface area contributed by atoms with Crippen molar-refractivity contribution in [3.63, 3.8) is 0 Å². The van der Waals surface area contributed by atoms with Crippen molar-refractivity contribution in [3.05, 3.63) is 29.6 Å². The first kappa shape index (κ1) is 17.9. The Morgan fingerprint density at radius 3 is 2.37 bits per heavy atom. The molecule has 3 aliphatic heterocycles. The van der Waals surface area contributed by atoms with E-state index >= 15 is 0 Å². The van der Waals surface area contributed by atoms with Gasteiger partial charge in [0, 0.05) is 57.8 Å². The highest BCUT2D eigenvalue weighted by molar-refractivity contribution is 5.94. The van der Waals surface area contributed by atoms with Crippen molar-refractivity contribution in [2.75, 3.05) is 39.3 Å². The predicted octanol–water partition coefficient (Wildman–Crippen LogP) is 0.933. The van der Waals surface area contributed by atoms with Gasteiger partial charge in [-0.25, -0.2) is 4.98 Å². The van der Waals surface area contributed by atoms with Gasteiger partial charge < -0.3 is 14.7 Å². The van der Waals surface area contributed by atoms with Gasteiger partial charge >= 0.3 is 0 Å². The highest BCUT2D eigenvalue weighted by Crippen LogP contribution is 2.44. The van der Waals surface area contributed by atoms with E-state index in [0.29, 0.717) is 31.9 Å². The highest BCUT2D eigenvalue weighted by atomic mass is 16.2. The number of rotatable bonds is 2. The summed E-state index contributed by atoms with van der Waals surface area (Å²) in [5.41, 5.74) is 0.545. The topological polar surface area (TPSA) is 73.8 Å². The van der Waals surface area contributed by atoms with Crippen LogP contribution in [0.3, 0.4) is 0 Å². The molecule has 4 heterocycles. The average Bonchev–Trinajstić information content (AvgIpc) is 3.35. The fraction of sp³-hybridized carbons (Fsp3) is 0.600. The number of fused-ring (bicyclic) bond motifs is 1. The minimum Gasteiger partial charge on any atom is -0.342 e. The van der Waals surface area contributed by atoms with E-state index in [-0.39, 0.29) is 23.6 Å². The van der Waals surface area contributed by atoms with Gasteiger partial charge in [0.25, 0.3) is 5.91 Å². The largest absolute Gasteiger partial charge is 0.342 e. The van der Waals surface area contributed by atoms with Crippen molar-refractivity contribution in [2.24, 2.45) is 11.3 Å². The lowest BCUT2D eigenvalue weighted by Crippen LogP contribution is -2.49. The van der Waals surface area contributed by atoms with Gasteiger partial charge in [-0.05, 0) is 31.9 Å². The van der Waals surface area contributed by atoms with Crippen LogP contribution in [0.15, 0.2) is 18.2 Å². The zero-order chi connectivity index (χ0) is 19.2. The molecule has 0 saturated carbocycles. The molecule has 0 spiro atoms. The molecular weight excluding hydrogens is 344 g/mol. The zero-order valence-corrected chi connectivity index (χ0v) is 16.0. The summed E-state index contributed by atoms with van der Waals surface area (Å²) in [6, 6.07) is 5.41. The van der Waals surface area contributed by atoms with Gasteiger partial charge in [-0.15, -0.1) is 0 Å². The fourth-order valence-electron chi connectivity index (χ4n) is 4.82. The van der Waals surface area contributed by atoms with E-state index in [1.165, 1.54) is 0 Å². The molecule has 4 rings (SSSR count). The lowest BCUT2D eigenvalue weighted by atomic mass is 9.79. The van der Waals surface area contributed by atoms with Gasteiger partial charge in [0.15, 0.2) is 0 Å². The molecule has 3 fully saturated rings. The second-order valence-electron chi connectivity index (χ2n) is 8.10. The summed E-state index contributed by atoms with van der Waals surface area (Å²) in [6.07, 6.45) is 2.05. The van der Waals surface area contributed by atoms with Crippen LogP contribution < -0.4 is 0 Å². The number of nitrogens with zero attached hydrogens (tertiary/aromatic N) is 4. The molecule has 7 nitrogen and oxygen atoms in total. The van der Waals surface area contributed by atoms with E-state index in [2.05, 4.69) is 4.98 Å². The smallest absolute Gasteiger partial charge is 0.272 e. The second-order valence-corrected chi connectivity index (χ2v) is 8.10. The Kier molecular flexibility index (Phi) is 4.40. The SMILES string of the molecule is CC(=O)N1C[C@H]2CN(C(=O)c3cccc(C)n3)C[C@@]2(C(=O)N2CCCC2)C1. The van der Waals surface area contributed by atoms with Crippen LogP contribution in [-0.2, 0) is 9.59 Å². The summed E-state index contributed by atoms with van der Waals surface area (Å²) in [4.78, 5) is 48.2. The number of aryl methyl sites for hydroxylation is 1. The zero-order valence-electron chi connectivity index (χ0n) is 16.0. The lowest BCUT2D eigenvalue weighted by Gasteiger charge is -2.32. The molecule has 0 aliphatic carbocycles. The van der Waals surface area contributed by atoms with Crippen LogP contribution in [0.25, 0.3) is 0 Å². The van der Waals surface area contributed by atoms with Crippen molar-refractivity contribution in [2.45, 2.75) is 26.7 Å². The number of hydrogen-bond acceptors (Lipinski definition) is 4. The molecule has 2 atom stereocenters. The van der Waals surface area contributed by atoms with Gasteiger partial charge in [0.1, 0.15) is 5.69 Å². The number of pyridine rings is 1. The Bertz CT molecular complexity index is 789. The van der Waals surface area contributed by atoms with E-state index in [4.69, 9.17) is 0 Å². The maximum absolute atomic E-state index is 13.4. The Labute approximate surface area is 159 Å². The minimum atomic E-state index is -0.671. The quantitative estimate of drug-likeness (QED) is 0.776. The van der Waals surface area contributed by atoms with Crippen LogP contribution in [0, 0.1) is 18.3 Å². The number of carbonyl (C=O) groups excluding carboxylic acids is 3. The third kappa shape index (κ3) is 2.99. The summed E-state index contributed by atoms with van der Waals surface area (Å²) in [5, 5.41) is 0. The molecule has 1 aromatic rings. The molecule has 3 aliphatic rings. The molecule has 3 amide bonds. The van der Waals surface area contributed by atoms with Crippen molar-refractivity contribution < 1.29 is 14.4 Å². The molecule has 7 heteroatoms. The summed E-state index contributed by atoms with van der Waals surface area (Å²) in [5.74, 6) is -0.0307. The highest BCUT2D eigenvalue weighted by Gasteiger charge is 2.59. The molecule has 0 bridgehead atoms. The van der Waals surface area contributed by atoms with Crippen LogP contribution in [-0.4, -0.2) is 76.7 Å². The molecule has 27 heavy (non-hydrogen) atoms. The molecule has 0 unspecified atom stereocenters. The summed E-state index contributed by atoms with van der Waals surface area (Å²) < 4.78 is 0. The van der Waals surface area contributed by atoms with E-state index in [9.17, 15) is 14.4 Å². The lowest BCUT2D eigenvalue weighted by molar-refractivity contribution is -0.141. The van der Waals surface area contributed by atoms with E-state index in [0.717, 1.165) is 31.6 Å². The molecule has 3 saturated heterocycles. The van der Waals surface area contributed by atoms with Crippen molar-refractivity contribution in [1.29, 1.82) is 0 Å². The predicted molar refractivity (Wildman–Crippen MR) is 98.9 cm³/mol. The van der Waals surface area contributed by atoms with Crippen LogP contribution in [0.4, 0.5) is 0 Å². The Morgan fingerprint density at radius 1 is 1.04 bits per heavy atom. The summed E-state index contributed by atoms with van der Waals surface area (Å²) in [7, 11) is 0. The van der Waals surface area contributed by atoms with E-state index in [1.807, 2.05) is 24.0 Å². The Morgan fingerprint density at radius 2 is 1.70 bits per heavy atom. The third-order valence-electron chi connectivity index (χ3n) is 6.27. The van der Waals surface area contributed by atoms with Crippen LogP contribution >= 0.6 is 0 Å². The third-order valence-corrected chi connectivity index (χ3v) is 6.27. The normalized spacial score (nSPS) is 27.2. The molecule has 0 radical (unpaired) electrons. The maximum atomic E-state index is 13.4. The van der Waals surface area contributed by atoms with Crippen molar-refractivity contribution >= 4 is 17.7 Å². The van der Waals surface area contributed by atoms with E-state index in [1.54, 1.807) is 22.8 Å². The van der Waals surface area contributed by atoms with E-state index < -0.39 is 5.41 Å². The second kappa shape index (κ2) is 6.62. The first-order chi connectivity index (χ1) is 12.9. The molecule has 0 aromatic carbocycles. The van der Waals surface area contributed by atoms with Crippen molar-refractivity contribution in [3.8, 4) is 0 Å². The number of amides is 3. The number of carbonyl (C=O) groups is 3. The van der Waals surface area contributed by atoms with Crippen molar-refractivity contribution in [1.82, 2.24) is 19.7 Å². The van der Waals surface area contributed by atoms with Gasteiger partial charge in [-0.2, -0.15) is 0 Å².